The molecule has 0 radical (unpaired) electrons. The molecule has 0 aliphatic heterocycles. The topological polar surface area (TPSA) is 81.7 Å². The number of carbonyl (C=O) groups is 3. The van der Waals surface area contributed by atoms with Gasteiger partial charge < -0.3 is 14.8 Å². The highest BCUT2D eigenvalue weighted by molar-refractivity contribution is 6.30. The zero-order valence-corrected chi connectivity index (χ0v) is 15.8. The van der Waals surface area contributed by atoms with Gasteiger partial charge in [0.1, 0.15) is 17.4 Å². The normalized spacial score (nSPS) is 13.5. The van der Waals surface area contributed by atoms with Crippen LogP contribution in [0.15, 0.2) is 24.3 Å². The van der Waals surface area contributed by atoms with Crippen molar-refractivity contribution in [1.82, 2.24) is 5.32 Å². The predicted octanol–water partition coefficient (Wildman–Crippen LogP) is 3.47. The van der Waals surface area contributed by atoms with Crippen molar-refractivity contribution < 1.29 is 23.9 Å². The average molecular weight is 370 g/mol. The molecule has 0 bridgehead atoms. The van der Waals surface area contributed by atoms with Gasteiger partial charge in [-0.3, -0.25) is 4.79 Å². The summed E-state index contributed by atoms with van der Waals surface area (Å²) in [5.41, 5.74) is -0.0441. The van der Waals surface area contributed by atoms with E-state index in [1.165, 1.54) is 14.0 Å². The molecule has 1 amide bonds. The summed E-state index contributed by atoms with van der Waals surface area (Å²) < 4.78 is 9.90. The zero-order valence-electron chi connectivity index (χ0n) is 15.1. The lowest BCUT2D eigenvalue weighted by molar-refractivity contribution is -0.143. The van der Waals surface area contributed by atoms with Gasteiger partial charge in [-0.2, -0.15) is 0 Å². The number of halogens is 1. The molecule has 2 atom stereocenters. The predicted molar refractivity (Wildman–Crippen MR) is 94.7 cm³/mol. The third kappa shape index (κ3) is 7.13. The van der Waals surface area contributed by atoms with Crippen LogP contribution in [-0.4, -0.2) is 36.6 Å². The average Bonchev–Trinajstić information content (AvgIpc) is 2.48. The number of esters is 1. The van der Waals surface area contributed by atoms with Crippen LogP contribution in [0.4, 0.5) is 4.79 Å². The van der Waals surface area contributed by atoms with E-state index in [2.05, 4.69) is 5.32 Å². The van der Waals surface area contributed by atoms with Crippen molar-refractivity contribution in [3.63, 3.8) is 0 Å². The fourth-order valence-corrected chi connectivity index (χ4v) is 2.50. The molecule has 7 heteroatoms. The van der Waals surface area contributed by atoms with Gasteiger partial charge in [0.2, 0.25) is 0 Å². The van der Waals surface area contributed by atoms with Crippen molar-refractivity contribution in [2.45, 2.75) is 51.7 Å². The van der Waals surface area contributed by atoms with E-state index in [9.17, 15) is 14.4 Å². The number of hydrogen-bond donors (Lipinski definition) is 1. The maximum Gasteiger partial charge on any atom is 0.408 e. The molecule has 1 aromatic carbocycles. The molecule has 1 unspecified atom stereocenters. The molecular formula is C18H24ClNO5. The van der Waals surface area contributed by atoms with E-state index in [1.54, 1.807) is 45.0 Å². The standard InChI is InChI=1S/C18H24ClNO5/c1-11(21)14(12-7-6-8-13(19)9-12)10-15(16(22)24-5)20-17(23)25-18(2,3)4/h6-9,14-15H,10H2,1-5H3,(H,20,23)/t14?,15-/m1/s1. The molecule has 0 saturated heterocycles. The summed E-state index contributed by atoms with van der Waals surface area (Å²) in [6, 6.07) is 5.81. The number of amides is 1. The lowest BCUT2D eigenvalue weighted by Gasteiger charge is -2.24. The Hall–Kier alpha value is -2.08. The Morgan fingerprint density at radius 1 is 1.24 bits per heavy atom. The molecule has 0 spiro atoms. The first-order valence-electron chi connectivity index (χ1n) is 7.86. The molecule has 138 valence electrons. The Morgan fingerprint density at radius 3 is 2.36 bits per heavy atom. The Bertz CT molecular complexity index is 639. The number of methoxy groups -OCH3 is 1. The van der Waals surface area contributed by atoms with E-state index < -0.39 is 29.6 Å². The SMILES string of the molecule is COC(=O)[C@@H](CC(C(C)=O)c1cccc(Cl)c1)NC(=O)OC(C)(C)C. The number of ketones is 1. The quantitative estimate of drug-likeness (QED) is 0.776. The van der Waals surface area contributed by atoms with Crippen molar-refractivity contribution in [1.29, 1.82) is 0 Å². The number of nitrogens with one attached hydrogen (secondary N) is 1. The Labute approximate surface area is 152 Å². The number of Topliss-reactive ketones (excluding diaryl/α,β-unsaturated/α-hetero) is 1. The summed E-state index contributed by atoms with van der Waals surface area (Å²) in [5.74, 6) is -1.42. The fourth-order valence-electron chi connectivity index (χ4n) is 2.30. The van der Waals surface area contributed by atoms with Gasteiger partial charge in [0.05, 0.1) is 7.11 Å². The van der Waals surface area contributed by atoms with E-state index in [0.717, 1.165) is 0 Å². The third-order valence-corrected chi connectivity index (χ3v) is 3.62. The van der Waals surface area contributed by atoms with E-state index in [4.69, 9.17) is 21.1 Å². The second-order valence-electron chi connectivity index (χ2n) is 6.68. The van der Waals surface area contributed by atoms with Crippen LogP contribution in [-0.2, 0) is 19.1 Å². The minimum atomic E-state index is -1.02. The maximum absolute atomic E-state index is 12.1. The second kappa shape index (κ2) is 8.85. The molecule has 25 heavy (non-hydrogen) atoms. The molecule has 6 nitrogen and oxygen atoms in total. The van der Waals surface area contributed by atoms with Gasteiger partial charge >= 0.3 is 12.1 Å². The maximum atomic E-state index is 12.1. The minimum absolute atomic E-state index is 0.0432. The molecule has 1 rings (SSSR count). The molecule has 0 saturated carbocycles. The van der Waals surface area contributed by atoms with Gasteiger partial charge in [-0.25, -0.2) is 9.59 Å². The summed E-state index contributed by atoms with van der Waals surface area (Å²) in [7, 11) is 1.22. The van der Waals surface area contributed by atoms with E-state index in [0.29, 0.717) is 10.6 Å². The third-order valence-electron chi connectivity index (χ3n) is 3.39. The zero-order chi connectivity index (χ0) is 19.2. The lowest BCUT2D eigenvalue weighted by Crippen LogP contribution is -2.45. The molecule has 0 heterocycles. The highest BCUT2D eigenvalue weighted by atomic mass is 35.5. The van der Waals surface area contributed by atoms with Crippen molar-refractivity contribution >= 4 is 29.4 Å². The summed E-state index contributed by atoms with van der Waals surface area (Å²) in [4.78, 5) is 36.1. The molecule has 0 fully saturated rings. The lowest BCUT2D eigenvalue weighted by atomic mass is 9.89. The molecule has 0 aliphatic carbocycles. The largest absolute Gasteiger partial charge is 0.467 e. The molecular weight excluding hydrogens is 346 g/mol. The van der Waals surface area contributed by atoms with Gasteiger partial charge in [-0.05, 0) is 51.8 Å². The highest BCUT2D eigenvalue weighted by Gasteiger charge is 2.30. The molecule has 1 N–H and O–H groups in total. The van der Waals surface area contributed by atoms with E-state index in [1.807, 2.05) is 0 Å². The number of rotatable bonds is 6. The van der Waals surface area contributed by atoms with Gasteiger partial charge in [-0.15, -0.1) is 0 Å². The summed E-state index contributed by atoms with van der Waals surface area (Å²) in [6.45, 7) is 6.56. The number of alkyl carbamates (subject to hydrolysis) is 1. The van der Waals surface area contributed by atoms with Crippen LogP contribution >= 0.6 is 11.6 Å². The van der Waals surface area contributed by atoms with E-state index in [-0.39, 0.29) is 12.2 Å². The first kappa shape index (κ1) is 21.0. The molecule has 1 aromatic rings. The van der Waals surface area contributed by atoms with Crippen LogP contribution in [0, 0.1) is 0 Å². The van der Waals surface area contributed by atoms with Crippen LogP contribution in [0.25, 0.3) is 0 Å². The molecule has 0 aliphatic rings. The minimum Gasteiger partial charge on any atom is -0.467 e. The van der Waals surface area contributed by atoms with Crippen LogP contribution in [0.3, 0.4) is 0 Å². The molecule has 0 aromatic heterocycles. The smallest absolute Gasteiger partial charge is 0.408 e. The van der Waals surface area contributed by atoms with Gasteiger partial charge in [0.25, 0.3) is 0 Å². The van der Waals surface area contributed by atoms with Crippen molar-refractivity contribution in [2.75, 3.05) is 7.11 Å². The van der Waals surface area contributed by atoms with Crippen LogP contribution in [0.2, 0.25) is 5.02 Å². The number of benzene rings is 1. The summed E-state index contributed by atoms with van der Waals surface area (Å²) in [5, 5.41) is 2.96. The number of hydrogen-bond acceptors (Lipinski definition) is 5. The first-order chi connectivity index (χ1) is 11.5. The van der Waals surface area contributed by atoms with Gasteiger partial charge in [0, 0.05) is 10.9 Å². The monoisotopic (exact) mass is 369 g/mol. The first-order valence-corrected chi connectivity index (χ1v) is 8.24. The van der Waals surface area contributed by atoms with Crippen LogP contribution < -0.4 is 5.32 Å². The van der Waals surface area contributed by atoms with Gasteiger partial charge in [-0.1, -0.05) is 23.7 Å². The summed E-state index contributed by atoms with van der Waals surface area (Å²) in [6.07, 6.45) is -0.710. The van der Waals surface area contributed by atoms with E-state index >= 15 is 0 Å². The second-order valence-corrected chi connectivity index (χ2v) is 7.11. The van der Waals surface area contributed by atoms with Crippen LogP contribution in [0.5, 0.6) is 0 Å². The van der Waals surface area contributed by atoms with Crippen molar-refractivity contribution in [3.05, 3.63) is 34.9 Å². The van der Waals surface area contributed by atoms with Crippen molar-refractivity contribution in [2.24, 2.45) is 0 Å². The number of ether oxygens (including phenoxy) is 2. The van der Waals surface area contributed by atoms with Gasteiger partial charge in [0.15, 0.2) is 0 Å². The number of carbonyl (C=O) groups excluding carboxylic acids is 3. The Balaban J connectivity index is 2.99. The van der Waals surface area contributed by atoms with Crippen LogP contribution in [0.1, 0.15) is 45.6 Å². The Morgan fingerprint density at radius 2 is 1.88 bits per heavy atom. The summed E-state index contributed by atoms with van der Waals surface area (Å²) >= 11 is 5.98. The van der Waals surface area contributed by atoms with Crippen molar-refractivity contribution in [3.8, 4) is 0 Å². The fraction of sp³-hybridized carbons (Fsp3) is 0.500. The highest BCUT2D eigenvalue weighted by Crippen LogP contribution is 2.25. The Kier molecular flexibility index (Phi) is 7.42.